The van der Waals surface area contributed by atoms with Crippen LogP contribution in [0, 0.1) is 0 Å². The Kier molecular flexibility index (Phi) is 5.25. The summed E-state index contributed by atoms with van der Waals surface area (Å²) in [5, 5.41) is 1.43. The minimum absolute atomic E-state index is 1.10. The zero-order valence-electron chi connectivity index (χ0n) is 8.39. The Morgan fingerprint density at radius 3 is 1.93 bits per heavy atom. The van der Waals surface area contributed by atoms with Gasteiger partial charge < -0.3 is 0 Å². The fourth-order valence-corrected chi connectivity index (χ4v) is 1.86. The molecule has 1 aromatic rings. The molecule has 1 aromatic heterocycles. The lowest BCUT2D eigenvalue weighted by molar-refractivity contribution is 0.559. The van der Waals surface area contributed by atoms with Crippen molar-refractivity contribution in [2.45, 2.75) is 19.6 Å². The molecule has 0 radical (unpaired) electrons. The number of rotatable bonds is 1. The van der Waals surface area contributed by atoms with Crippen LogP contribution in [0.4, 0.5) is 0 Å². The van der Waals surface area contributed by atoms with Crippen LogP contribution in [0.25, 0.3) is 0 Å². The van der Waals surface area contributed by atoms with Crippen molar-refractivity contribution in [1.82, 2.24) is 4.98 Å². The normalized spacial score (nSPS) is 9.93. The SMILES string of the molecule is C[Si](C)(C)c1cccnc1.O=S(=O)=O. The minimum Gasteiger partial charge on any atom is -0.265 e. The van der Waals surface area contributed by atoms with Crippen molar-refractivity contribution in [2.24, 2.45) is 0 Å². The molecular weight excluding hydrogens is 218 g/mol. The predicted octanol–water partition coefficient (Wildman–Crippen LogP) is 0.623. The molecule has 78 valence electrons. The van der Waals surface area contributed by atoms with E-state index in [9.17, 15) is 0 Å². The van der Waals surface area contributed by atoms with E-state index in [0.29, 0.717) is 0 Å². The van der Waals surface area contributed by atoms with Gasteiger partial charge in [0.1, 0.15) is 0 Å². The highest BCUT2D eigenvalue weighted by Gasteiger charge is 2.15. The zero-order valence-corrected chi connectivity index (χ0v) is 10.2. The molecule has 0 fully saturated rings. The topological polar surface area (TPSA) is 64.1 Å². The first-order valence-corrected chi connectivity index (χ1v) is 8.51. The predicted molar refractivity (Wildman–Crippen MR) is 56.9 cm³/mol. The Morgan fingerprint density at radius 2 is 1.71 bits per heavy atom. The maximum absolute atomic E-state index is 8.44. The summed E-state index contributed by atoms with van der Waals surface area (Å²) in [5.41, 5.74) is 0. The monoisotopic (exact) mass is 231 g/mol. The van der Waals surface area contributed by atoms with Crippen molar-refractivity contribution in [1.29, 1.82) is 0 Å². The summed E-state index contributed by atoms with van der Waals surface area (Å²) < 4.78 is 25.3. The van der Waals surface area contributed by atoms with Gasteiger partial charge in [-0.05, 0) is 11.3 Å². The molecule has 0 N–H and O–H groups in total. The third-order valence-electron chi connectivity index (χ3n) is 1.53. The van der Waals surface area contributed by atoms with E-state index in [1.165, 1.54) is 5.19 Å². The Hall–Kier alpha value is -1.01. The van der Waals surface area contributed by atoms with Crippen LogP contribution in [0.15, 0.2) is 24.5 Å². The Morgan fingerprint density at radius 1 is 1.21 bits per heavy atom. The largest absolute Gasteiger partial charge is 0.425 e. The van der Waals surface area contributed by atoms with Crippen molar-refractivity contribution < 1.29 is 12.6 Å². The third kappa shape index (κ3) is 6.50. The number of pyridine rings is 1. The van der Waals surface area contributed by atoms with Gasteiger partial charge in [0.15, 0.2) is 0 Å². The second kappa shape index (κ2) is 5.66. The van der Waals surface area contributed by atoms with Gasteiger partial charge in [-0.3, -0.25) is 4.98 Å². The fourth-order valence-electron chi connectivity index (χ4n) is 0.806. The molecular formula is C8H13NO3SSi. The van der Waals surface area contributed by atoms with Crippen LogP contribution in [-0.4, -0.2) is 25.7 Å². The van der Waals surface area contributed by atoms with Crippen LogP contribution in [0.2, 0.25) is 19.6 Å². The molecule has 0 saturated carbocycles. The van der Waals surface area contributed by atoms with E-state index in [2.05, 4.69) is 30.7 Å². The van der Waals surface area contributed by atoms with Gasteiger partial charge in [-0.1, -0.05) is 25.7 Å². The summed E-state index contributed by atoms with van der Waals surface area (Å²) in [6, 6.07) is 4.17. The van der Waals surface area contributed by atoms with E-state index in [0.717, 1.165) is 0 Å². The lowest BCUT2D eigenvalue weighted by Gasteiger charge is -2.14. The zero-order chi connectivity index (χ0) is 11.2. The first kappa shape index (κ1) is 13.0. The average Bonchev–Trinajstić information content (AvgIpc) is 2.03. The maximum Gasteiger partial charge on any atom is 0.425 e. The summed E-state index contributed by atoms with van der Waals surface area (Å²) in [5.74, 6) is 0. The van der Waals surface area contributed by atoms with Gasteiger partial charge in [0, 0.05) is 12.4 Å². The summed E-state index contributed by atoms with van der Waals surface area (Å²) in [6.07, 6.45) is 3.80. The molecule has 1 heterocycles. The van der Waals surface area contributed by atoms with Crippen LogP contribution in [0.3, 0.4) is 0 Å². The van der Waals surface area contributed by atoms with E-state index in [1.54, 1.807) is 0 Å². The van der Waals surface area contributed by atoms with Gasteiger partial charge in [0.2, 0.25) is 0 Å². The molecule has 0 aromatic carbocycles. The van der Waals surface area contributed by atoms with Crippen LogP contribution in [0.1, 0.15) is 0 Å². The standard InChI is InChI=1S/C8H13NSi.O3S/c1-10(2,3)8-5-4-6-9-7-8;1-4(2)3/h4-7H,1-3H3;. The van der Waals surface area contributed by atoms with Gasteiger partial charge in [0.05, 0.1) is 8.07 Å². The number of aromatic nitrogens is 1. The van der Waals surface area contributed by atoms with Crippen LogP contribution in [-0.2, 0) is 10.6 Å². The van der Waals surface area contributed by atoms with Gasteiger partial charge in [-0.15, -0.1) is 12.6 Å². The molecule has 0 spiro atoms. The van der Waals surface area contributed by atoms with Crippen molar-refractivity contribution in [2.75, 3.05) is 0 Å². The summed E-state index contributed by atoms with van der Waals surface area (Å²) in [4.78, 5) is 4.09. The third-order valence-corrected chi connectivity index (χ3v) is 3.56. The Balaban J connectivity index is 0.000000364. The Bertz CT molecular complexity index is 361. The summed E-state index contributed by atoms with van der Waals surface area (Å²) in [6.45, 7) is 6.97. The molecule has 0 atom stereocenters. The molecule has 1 rings (SSSR count). The van der Waals surface area contributed by atoms with E-state index < -0.39 is 18.7 Å². The van der Waals surface area contributed by atoms with E-state index >= 15 is 0 Å². The second-order valence-corrected chi connectivity index (χ2v) is 9.18. The molecule has 0 saturated heterocycles. The Labute approximate surface area is 86.1 Å². The lowest BCUT2D eigenvalue weighted by Crippen LogP contribution is -2.37. The summed E-state index contributed by atoms with van der Waals surface area (Å²) >= 11 is 0. The van der Waals surface area contributed by atoms with E-state index in [-0.39, 0.29) is 0 Å². The molecule has 6 heteroatoms. The van der Waals surface area contributed by atoms with Crippen molar-refractivity contribution in [3.05, 3.63) is 24.5 Å². The van der Waals surface area contributed by atoms with Crippen LogP contribution < -0.4 is 5.19 Å². The molecule has 0 aliphatic heterocycles. The fraction of sp³-hybridized carbons (Fsp3) is 0.375. The van der Waals surface area contributed by atoms with Gasteiger partial charge in [-0.2, -0.15) is 0 Å². The molecule has 0 amide bonds. The highest BCUT2D eigenvalue weighted by molar-refractivity contribution is 7.59. The van der Waals surface area contributed by atoms with Gasteiger partial charge >= 0.3 is 10.6 Å². The number of hydrogen-bond acceptors (Lipinski definition) is 4. The van der Waals surface area contributed by atoms with Crippen molar-refractivity contribution in [3.63, 3.8) is 0 Å². The lowest BCUT2D eigenvalue weighted by atomic mass is 10.5. The average molecular weight is 231 g/mol. The second-order valence-electron chi connectivity index (χ2n) is 3.70. The van der Waals surface area contributed by atoms with Gasteiger partial charge in [-0.25, -0.2) is 0 Å². The molecule has 14 heavy (non-hydrogen) atoms. The quantitative estimate of drug-likeness (QED) is 0.665. The van der Waals surface area contributed by atoms with Crippen molar-refractivity contribution >= 4 is 23.9 Å². The molecule has 4 nitrogen and oxygen atoms in total. The van der Waals surface area contributed by atoms with Gasteiger partial charge in [0.25, 0.3) is 0 Å². The first-order valence-electron chi connectivity index (χ1n) is 4.01. The minimum atomic E-state index is -3.11. The van der Waals surface area contributed by atoms with E-state index in [1.807, 2.05) is 18.5 Å². The van der Waals surface area contributed by atoms with E-state index in [4.69, 9.17) is 12.6 Å². The highest BCUT2D eigenvalue weighted by atomic mass is 32.2. The highest BCUT2D eigenvalue weighted by Crippen LogP contribution is 1.99. The molecule has 0 bridgehead atoms. The molecule has 0 aliphatic carbocycles. The van der Waals surface area contributed by atoms with Crippen LogP contribution in [0.5, 0.6) is 0 Å². The molecule has 0 unspecified atom stereocenters. The van der Waals surface area contributed by atoms with Crippen LogP contribution >= 0.6 is 0 Å². The smallest absolute Gasteiger partial charge is 0.265 e. The maximum atomic E-state index is 8.44. The number of nitrogens with zero attached hydrogens (tertiary/aromatic N) is 1. The first-order chi connectivity index (χ1) is 6.34. The summed E-state index contributed by atoms with van der Waals surface area (Å²) in [7, 11) is -4.21. The number of hydrogen-bond donors (Lipinski definition) is 0. The van der Waals surface area contributed by atoms with Crippen molar-refractivity contribution in [3.8, 4) is 0 Å². The molecule has 0 aliphatic rings.